The van der Waals surface area contributed by atoms with Gasteiger partial charge in [-0.25, -0.2) is 4.39 Å². The summed E-state index contributed by atoms with van der Waals surface area (Å²) in [5, 5.41) is -3.41. The summed E-state index contributed by atoms with van der Waals surface area (Å²) in [6.07, 6.45) is -20.6. The van der Waals surface area contributed by atoms with Crippen molar-refractivity contribution < 1.29 is 84.6 Å². The Bertz CT molecular complexity index is 1050. The topological polar surface area (TPSA) is 43.4 Å². The summed E-state index contributed by atoms with van der Waals surface area (Å²) in [6, 6.07) is 0.772. The second kappa shape index (κ2) is 9.53. The van der Waals surface area contributed by atoms with Crippen molar-refractivity contribution in [2.24, 2.45) is 0 Å². The van der Waals surface area contributed by atoms with Gasteiger partial charge in [-0.1, -0.05) is 0 Å². The predicted octanol–water partition coefficient (Wildman–Crippen LogP) is 7.49. The molecule has 0 radical (unpaired) electrons. The van der Waals surface area contributed by atoms with Gasteiger partial charge in [-0.2, -0.15) is 65.9 Å². The first-order chi connectivity index (χ1) is 16.1. The van der Waals surface area contributed by atoms with Crippen molar-refractivity contribution in [3.8, 4) is 5.75 Å². The average molecular weight is 619 g/mol. The average Bonchev–Trinajstić information content (AvgIpc) is 2.70. The van der Waals surface area contributed by atoms with Crippen LogP contribution in [0.15, 0.2) is 18.2 Å². The fraction of sp³-hybridized carbons (Fsp3) is 0.500. The maximum Gasteiger partial charge on any atom is 0.460 e. The van der Waals surface area contributed by atoms with E-state index >= 15 is 0 Å². The molecule has 0 heterocycles. The van der Waals surface area contributed by atoms with Crippen LogP contribution in [0.4, 0.5) is 70.2 Å². The van der Waals surface area contributed by atoms with E-state index in [1.54, 1.807) is 0 Å². The highest BCUT2D eigenvalue weighted by Gasteiger charge is 2.92. The van der Waals surface area contributed by atoms with E-state index in [4.69, 9.17) is 23.2 Å². The van der Waals surface area contributed by atoms with Crippen molar-refractivity contribution >= 4 is 33.7 Å². The van der Waals surface area contributed by atoms with Gasteiger partial charge in [0.05, 0.1) is 5.56 Å². The zero-order valence-corrected chi connectivity index (χ0v) is 17.8. The Labute approximate surface area is 202 Å². The zero-order valence-electron chi connectivity index (χ0n) is 16.3. The van der Waals surface area contributed by atoms with Gasteiger partial charge in [0.25, 0.3) is 16.7 Å². The van der Waals surface area contributed by atoms with Crippen LogP contribution in [-0.4, -0.2) is 58.6 Å². The van der Waals surface area contributed by atoms with Crippen LogP contribution in [0.5, 0.6) is 5.75 Å². The lowest BCUT2D eigenvalue weighted by Gasteiger charge is -2.41. The van der Waals surface area contributed by atoms with Crippen molar-refractivity contribution in [2.45, 2.75) is 48.1 Å². The molecule has 37 heavy (non-hydrogen) atoms. The number of hydrogen-bond acceptors (Lipinski definition) is 3. The lowest BCUT2D eigenvalue weighted by molar-refractivity contribution is -0.448. The normalized spacial score (nSPS) is 15.4. The van der Waals surface area contributed by atoms with Crippen molar-refractivity contribution in [1.82, 2.24) is 0 Å². The smallest absolute Gasteiger partial charge is 0.429 e. The van der Waals surface area contributed by atoms with Crippen LogP contribution in [-0.2, 0) is 0 Å². The molecule has 0 fully saturated rings. The Morgan fingerprint density at radius 1 is 0.676 bits per heavy atom. The molecule has 0 spiro atoms. The third-order valence-corrected chi connectivity index (χ3v) is 4.66. The van der Waals surface area contributed by atoms with Gasteiger partial charge >= 0.3 is 41.9 Å². The monoisotopic (exact) mass is 618 g/mol. The highest BCUT2D eigenvalue weighted by Crippen LogP contribution is 2.61. The Kier molecular flexibility index (Phi) is 8.46. The van der Waals surface area contributed by atoms with Gasteiger partial charge in [0.15, 0.2) is 0 Å². The van der Waals surface area contributed by atoms with Gasteiger partial charge in [-0.05, 0) is 41.4 Å². The van der Waals surface area contributed by atoms with E-state index in [-0.39, 0.29) is 6.07 Å². The zero-order chi connectivity index (χ0) is 29.8. The molecule has 0 bridgehead atoms. The minimum atomic E-state index is -8.55. The molecular weight excluding hydrogens is 615 g/mol. The molecule has 0 aliphatic heterocycles. The first kappa shape index (κ1) is 32.8. The summed E-state index contributed by atoms with van der Waals surface area (Å²) < 4.78 is 215. The summed E-state index contributed by atoms with van der Waals surface area (Å²) in [7, 11) is 0. The summed E-state index contributed by atoms with van der Waals surface area (Å²) in [5.74, 6) is -43.4. The summed E-state index contributed by atoms with van der Waals surface area (Å²) in [5.41, 5.74) is -2.30. The largest absolute Gasteiger partial charge is 0.460 e. The van der Waals surface area contributed by atoms with E-state index < -0.39 is 75.4 Å². The van der Waals surface area contributed by atoms with Crippen LogP contribution in [0.1, 0.15) is 20.7 Å². The predicted molar refractivity (Wildman–Crippen MR) is 88.1 cm³/mol. The molecule has 0 saturated carbocycles. The molecule has 0 aromatic heterocycles. The second-order valence-corrected chi connectivity index (χ2v) is 7.39. The summed E-state index contributed by atoms with van der Waals surface area (Å²) >= 11 is 9.86. The van der Waals surface area contributed by atoms with Crippen molar-refractivity contribution in [3.05, 3.63) is 29.3 Å². The molecule has 0 amide bonds. The van der Waals surface area contributed by atoms with E-state index in [0.29, 0.717) is 12.1 Å². The van der Waals surface area contributed by atoms with Gasteiger partial charge in [0, 0.05) is 5.56 Å². The standard InChI is InChI=1S/C16H4Cl2F16O3/c17-7(35)4-1-2-5(8(18)36)6(3-4)37-11(22,23)9(19)10(20,21)12(24,25)13(26,27)14(28,29)15(30,31)16(32,33)34/h1-3,9H. The lowest BCUT2D eigenvalue weighted by atomic mass is 9.91. The van der Waals surface area contributed by atoms with E-state index in [1.165, 1.54) is 0 Å². The third kappa shape index (κ3) is 5.24. The van der Waals surface area contributed by atoms with E-state index in [9.17, 15) is 79.8 Å². The van der Waals surface area contributed by atoms with Crippen LogP contribution in [0, 0.1) is 0 Å². The fourth-order valence-electron chi connectivity index (χ4n) is 2.24. The number of carbonyl (C=O) groups is 2. The Morgan fingerprint density at radius 2 is 1.11 bits per heavy atom. The molecule has 1 aromatic rings. The van der Waals surface area contributed by atoms with Crippen LogP contribution in [0.2, 0.25) is 0 Å². The molecule has 21 heteroatoms. The fourth-order valence-corrected chi connectivity index (χ4v) is 2.52. The maximum atomic E-state index is 14.0. The van der Waals surface area contributed by atoms with Crippen LogP contribution < -0.4 is 4.74 Å². The van der Waals surface area contributed by atoms with Gasteiger partial charge in [0.2, 0.25) is 0 Å². The minimum absolute atomic E-state index is 0.0610. The van der Waals surface area contributed by atoms with Crippen molar-refractivity contribution in [2.75, 3.05) is 0 Å². The SMILES string of the molecule is O=C(Cl)c1ccc(C(=O)Cl)c(OC(F)(F)C(F)C(F)(F)C(F)(F)C(F)(F)C(F)(F)C(F)(F)C(F)(F)F)c1. The number of alkyl halides is 16. The molecule has 1 unspecified atom stereocenters. The molecule has 0 aliphatic carbocycles. The number of rotatable bonds is 10. The number of carbonyl (C=O) groups excluding carboxylic acids is 2. The van der Waals surface area contributed by atoms with Gasteiger partial charge in [-0.3, -0.25) is 9.59 Å². The highest BCUT2D eigenvalue weighted by atomic mass is 35.5. The maximum absolute atomic E-state index is 14.0. The number of halogens is 18. The van der Waals surface area contributed by atoms with Crippen LogP contribution >= 0.6 is 23.2 Å². The second-order valence-electron chi connectivity index (χ2n) is 6.70. The molecule has 1 rings (SSSR count). The quantitative estimate of drug-likeness (QED) is 0.202. The van der Waals surface area contributed by atoms with Gasteiger partial charge < -0.3 is 4.74 Å². The Hall–Kier alpha value is -2.18. The molecular formula is C16H4Cl2F16O3. The molecule has 1 atom stereocenters. The number of benzene rings is 1. The molecule has 3 nitrogen and oxygen atoms in total. The van der Waals surface area contributed by atoms with Gasteiger partial charge in [0.1, 0.15) is 5.75 Å². The molecule has 0 saturated heterocycles. The first-order valence-electron chi connectivity index (χ1n) is 8.31. The Balaban J connectivity index is 3.61. The van der Waals surface area contributed by atoms with Crippen LogP contribution in [0.25, 0.3) is 0 Å². The lowest BCUT2D eigenvalue weighted by Crippen LogP contribution is -2.72. The van der Waals surface area contributed by atoms with E-state index in [0.717, 1.165) is 0 Å². The van der Waals surface area contributed by atoms with Gasteiger partial charge in [-0.15, -0.1) is 0 Å². The number of ether oxygens (including phenoxy) is 1. The van der Waals surface area contributed by atoms with E-state index in [2.05, 4.69) is 4.74 Å². The Morgan fingerprint density at radius 3 is 1.49 bits per heavy atom. The van der Waals surface area contributed by atoms with Crippen LogP contribution in [0.3, 0.4) is 0 Å². The molecule has 0 aliphatic rings. The molecule has 0 N–H and O–H groups in total. The van der Waals surface area contributed by atoms with Crippen molar-refractivity contribution in [3.63, 3.8) is 0 Å². The van der Waals surface area contributed by atoms with Crippen molar-refractivity contribution in [1.29, 1.82) is 0 Å². The minimum Gasteiger partial charge on any atom is -0.429 e. The summed E-state index contributed by atoms with van der Waals surface area (Å²) in [6.45, 7) is 0. The highest BCUT2D eigenvalue weighted by molar-refractivity contribution is 6.68. The number of hydrogen-bond donors (Lipinski definition) is 0. The van der Waals surface area contributed by atoms with E-state index in [1.807, 2.05) is 0 Å². The first-order valence-corrected chi connectivity index (χ1v) is 9.07. The third-order valence-electron chi connectivity index (χ3n) is 4.24. The molecule has 212 valence electrons. The molecule has 1 aromatic carbocycles. The summed E-state index contributed by atoms with van der Waals surface area (Å²) in [4.78, 5) is 22.2.